The molecular formula is C9H10BrNO2S. The van der Waals surface area contributed by atoms with Crippen LogP contribution in [0.2, 0.25) is 0 Å². The molecule has 0 bridgehead atoms. The van der Waals surface area contributed by atoms with Gasteiger partial charge in [0.05, 0.1) is 6.10 Å². The van der Waals surface area contributed by atoms with Crippen molar-refractivity contribution in [1.82, 2.24) is 5.32 Å². The zero-order valence-electron chi connectivity index (χ0n) is 7.37. The molecule has 1 saturated carbocycles. The Morgan fingerprint density at radius 3 is 2.86 bits per heavy atom. The van der Waals surface area contributed by atoms with Crippen LogP contribution in [0, 0.1) is 0 Å². The smallest absolute Gasteiger partial charge is 0.262 e. The van der Waals surface area contributed by atoms with Gasteiger partial charge in [-0.1, -0.05) is 0 Å². The quantitative estimate of drug-likeness (QED) is 0.864. The first-order chi connectivity index (χ1) is 6.66. The zero-order valence-corrected chi connectivity index (χ0v) is 9.77. The molecule has 0 aliphatic heterocycles. The van der Waals surface area contributed by atoms with E-state index in [1.807, 2.05) is 11.4 Å². The van der Waals surface area contributed by atoms with Gasteiger partial charge in [-0.2, -0.15) is 0 Å². The monoisotopic (exact) mass is 275 g/mol. The summed E-state index contributed by atoms with van der Waals surface area (Å²) in [6.07, 6.45) is 1.12. The molecule has 0 aromatic carbocycles. The van der Waals surface area contributed by atoms with Crippen molar-refractivity contribution in [2.75, 3.05) is 0 Å². The summed E-state index contributed by atoms with van der Waals surface area (Å²) in [5.41, 5.74) is 0. The average Bonchev–Trinajstić information content (AvgIpc) is 2.48. The van der Waals surface area contributed by atoms with Crippen LogP contribution in [0.15, 0.2) is 15.9 Å². The van der Waals surface area contributed by atoms with Crippen molar-refractivity contribution in [3.05, 3.63) is 20.8 Å². The van der Waals surface area contributed by atoms with Crippen LogP contribution in [0.3, 0.4) is 0 Å². The van der Waals surface area contributed by atoms with E-state index in [4.69, 9.17) is 5.11 Å². The first-order valence-electron chi connectivity index (χ1n) is 4.38. The molecule has 0 radical (unpaired) electrons. The second kappa shape index (κ2) is 4.00. The zero-order chi connectivity index (χ0) is 10.1. The lowest BCUT2D eigenvalue weighted by Gasteiger charge is -2.31. The van der Waals surface area contributed by atoms with E-state index in [1.165, 1.54) is 11.3 Å². The molecule has 1 aromatic rings. The third-order valence-electron chi connectivity index (χ3n) is 2.27. The van der Waals surface area contributed by atoms with Gasteiger partial charge in [0.25, 0.3) is 5.91 Å². The van der Waals surface area contributed by atoms with Crippen LogP contribution in [0.4, 0.5) is 0 Å². The summed E-state index contributed by atoms with van der Waals surface area (Å²) in [5.74, 6) is -0.0521. The second-order valence-corrected chi connectivity index (χ2v) is 5.16. The molecule has 76 valence electrons. The highest BCUT2D eigenvalue weighted by molar-refractivity contribution is 9.10. The molecule has 5 heteroatoms. The maximum Gasteiger partial charge on any atom is 0.262 e. The molecule has 1 fully saturated rings. The lowest BCUT2D eigenvalue weighted by molar-refractivity contribution is 0.0564. The minimum Gasteiger partial charge on any atom is -0.393 e. The van der Waals surface area contributed by atoms with E-state index >= 15 is 0 Å². The number of rotatable bonds is 2. The topological polar surface area (TPSA) is 49.3 Å². The van der Waals surface area contributed by atoms with Crippen LogP contribution in [0.25, 0.3) is 0 Å². The Bertz CT molecular complexity index is 346. The summed E-state index contributed by atoms with van der Waals surface area (Å²) in [6, 6.07) is 2.00. The van der Waals surface area contributed by atoms with Crippen molar-refractivity contribution in [2.24, 2.45) is 0 Å². The average molecular weight is 276 g/mol. The van der Waals surface area contributed by atoms with Gasteiger partial charge in [-0.05, 0) is 40.2 Å². The highest BCUT2D eigenvalue weighted by Gasteiger charge is 2.29. The predicted molar refractivity (Wildman–Crippen MR) is 58.5 cm³/mol. The van der Waals surface area contributed by atoms with Gasteiger partial charge in [0.2, 0.25) is 0 Å². The standard InChI is InChI=1S/C9H10BrNO2S/c10-7-1-2-14-8(7)9(13)11-5-3-6(12)4-5/h1-2,5-6,12H,3-4H2,(H,11,13). The van der Waals surface area contributed by atoms with Gasteiger partial charge >= 0.3 is 0 Å². The van der Waals surface area contributed by atoms with Crippen molar-refractivity contribution < 1.29 is 9.90 Å². The number of hydrogen-bond acceptors (Lipinski definition) is 3. The van der Waals surface area contributed by atoms with E-state index in [0.29, 0.717) is 17.7 Å². The molecule has 1 aromatic heterocycles. The molecule has 14 heavy (non-hydrogen) atoms. The minimum absolute atomic E-state index is 0.0521. The Morgan fingerprint density at radius 2 is 2.36 bits per heavy atom. The maximum atomic E-state index is 11.6. The molecule has 0 atom stereocenters. The fourth-order valence-electron chi connectivity index (χ4n) is 1.41. The van der Waals surface area contributed by atoms with Crippen LogP contribution < -0.4 is 5.32 Å². The second-order valence-electron chi connectivity index (χ2n) is 3.39. The molecule has 1 amide bonds. The number of amides is 1. The number of carbonyl (C=O) groups excluding carboxylic acids is 1. The number of carbonyl (C=O) groups is 1. The van der Waals surface area contributed by atoms with Crippen LogP contribution in [0.1, 0.15) is 22.5 Å². The molecule has 1 heterocycles. The molecule has 0 spiro atoms. The van der Waals surface area contributed by atoms with E-state index in [9.17, 15) is 4.79 Å². The van der Waals surface area contributed by atoms with Gasteiger partial charge in [0.1, 0.15) is 4.88 Å². The Balaban J connectivity index is 1.93. The van der Waals surface area contributed by atoms with E-state index in [1.54, 1.807) is 0 Å². The third-order valence-corrected chi connectivity index (χ3v) is 4.11. The summed E-state index contributed by atoms with van der Waals surface area (Å²) in [4.78, 5) is 12.3. The molecule has 2 rings (SSSR count). The molecule has 0 unspecified atom stereocenters. The molecule has 0 saturated heterocycles. The summed E-state index contributed by atoms with van der Waals surface area (Å²) in [5, 5.41) is 13.8. The first kappa shape index (κ1) is 10.1. The summed E-state index contributed by atoms with van der Waals surface area (Å²) in [7, 11) is 0. The Morgan fingerprint density at radius 1 is 1.64 bits per heavy atom. The molecule has 1 aliphatic carbocycles. The van der Waals surface area contributed by atoms with E-state index in [-0.39, 0.29) is 18.1 Å². The first-order valence-corrected chi connectivity index (χ1v) is 6.06. The summed E-state index contributed by atoms with van der Waals surface area (Å²) in [6.45, 7) is 0. The van der Waals surface area contributed by atoms with Gasteiger partial charge in [-0.3, -0.25) is 4.79 Å². The Labute approximate surface area is 94.3 Å². The Kier molecular flexibility index (Phi) is 2.90. The number of nitrogens with one attached hydrogen (secondary N) is 1. The number of aliphatic hydroxyl groups excluding tert-OH is 1. The molecular weight excluding hydrogens is 266 g/mol. The molecule has 2 N–H and O–H groups in total. The fourth-order valence-corrected chi connectivity index (χ4v) is 2.87. The summed E-state index contributed by atoms with van der Waals surface area (Å²) < 4.78 is 0.833. The normalized spacial score (nSPS) is 25.6. The van der Waals surface area contributed by atoms with Crippen LogP contribution >= 0.6 is 27.3 Å². The van der Waals surface area contributed by atoms with Crippen molar-refractivity contribution in [2.45, 2.75) is 25.0 Å². The van der Waals surface area contributed by atoms with E-state index < -0.39 is 0 Å². The van der Waals surface area contributed by atoms with Crippen molar-refractivity contribution in [1.29, 1.82) is 0 Å². The van der Waals surface area contributed by atoms with E-state index in [0.717, 1.165) is 4.47 Å². The van der Waals surface area contributed by atoms with Gasteiger partial charge in [-0.25, -0.2) is 0 Å². The van der Waals surface area contributed by atoms with Crippen LogP contribution in [-0.4, -0.2) is 23.2 Å². The number of halogens is 1. The van der Waals surface area contributed by atoms with Gasteiger partial charge in [-0.15, -0.1) is 11.3 Å². The lowest BCUT2D eigenvalue weighted by atomic mass is 9.89. The SMILES string of the molecule is O=C(NC1CC(O)C1)c1sccc1Br. The van der Waals surface area contributed by atoms with Crippen LogP contribution in [-0.2, 0) is 0 Å². The minimum atomic E-state index is -0.230. The van der Waals surface area contributed by atoms with Crippen LogP contribution in [0.5, 0.6) is 0 Å². The number of thiophene rings is 1. The van der Waals surface area contributed by atoms with Crippen molar-refractivity contribution in [3.63, 3.8) is 0 Å². The van der Waals surface area contributed by atoms with Gasteiger partial charge < -0.3 is 10.4 Å². The lowest BCUT2D eigenvalue weighted by Crippen LogP contribution is -2.46. The fraction of sp³-hybridized carbons (Fsp3) is 0.444. The van der Waals surface area contributed by atoms with Crippen molar-refractivity contribution in [3.8, 4) is 0 Å². The highest BCUT2D eigenvalue weighted by Crippen LogP contribution is 2.24. The van der Waals surface area contributed by atoms with Gasteiger partial charge in [0.15, 0.2) is 0 Å². The largest absolute Gasteiger partial charge is 0.393 e. The predicted octanol–water partition coefficient (Wildman–Crippen LogP) is 1.76. The number of aliphatic hydroxyl groups is 1. The van der Waals surface area contributed by atoms with Crippen molar-refractivity contribution >= 4 is 33.2 Å². The summed E-state index contributed by atoms with van der Waals surface area (Å²) >= 11 is 4.72. The highest BCUT2D eigenvalue weighted by atomic mass is 79.9. The third kappa shape index (κ3) is 1.99. The van der Waals surface area contributed by atoms with E-state index in [2.05, 4.69) is 21.2 Å². The van der Waals surface area contributed by atoms with Gasteiger partial charge in [0, 0.05) is 10.5 Å². The molecule has 3 nitrogen and oxygen atoms in total. The molecule has 1 aliphatic rings. The maximum absolute atomic E-state index is 11.6. The Hall–Kier alpha value is -0.390. The number of hydrogen-bond donors (Lipinski definition) is 2.